The molecule has 0 spiro atoms. The topological polar surface area (TPSA) is 93.3 Å². The van der Waals surface area contributed by atoms with Gasteiger partial charge in [-0.15, -0.1) is 0 Å². The molecule has 0 fully saturated rings. The van der Waals surface area contributed by atoms with Crippen LogP contribution in [0, 0.1) is 0 Å². The smallest absolute Gasteiger partial charge is 0.240 e. The second kappa shape index (κ2) is 9.72. The summed E-state index contributed by atoms with van der Waals surface area (Å²) in [5, 5.41) is 2.69. The maximum Gasteiger partial charge on any atom is 0.240 e. The summed E-state index contributed by atoms with van der Waals surface area (Å²) in [6, 6.07) is 9.36. The zero-order valence-corrected chi connectivity index (χ0v) is 15.4. The third-order valence-corrected chi connectivity index (χ3v) is 4.04. The molecule has 0 bridgehead atoms. The highest BCUT2D eigenvalue weighted by atomic mass is 16.2. The first-order valence-corrected chi connectivity index (χ1v) is 8.89. The van der Waals surface area contributed by atoms with Crippen molar-refractivity contribution < 1.29 is 9.59 Å². The Balaban J connectivity index is 1.92. The van der Waals surface area contributed by atoms with Gasteiger partial charge in [-0.3, -0.25) is 9.59 Å². The van der Waals surface area contributed by atoms with Gasteiger partial charge in [-0.2, -0.15) is 0 Å². The van der Waals surface area contributed by atoms with Gasteiger partial charge < -0.3 is 20.5 Å². The number of aromatic nitrogens is 2. The maximum absolute atomic E-state index is 12.5. The third kappa shape index (κ3) is 5.70. The van der Waals surface area contributed by atoms with Crippen LogP contribution in [-0.4, -0.2) is 51.9 Å². The number of rotatable bonds is 9. The standard InChI is InChI=1S/C19H27N5O2/c1-3-21-18(25)13-24(4-2)19(26)17(20)10-16-12-23(14-22-16)11-15-8-6-5-7-9-15/h5-9,12,14,17H,3-4,10-11,13,20H2,1-2H3,(H,21,25)/t17-/m0/s1. The SMILES string of the molecule is CCNC(=O)CN(CC)C(=O)[C@@H](N)Cc1cn(Cc2ccccc2)cn1. The van der Waals surface area contributed by atoms with Crippen molar-refractivity contribution in [3.63, 3.8) is 0 Å². The largest absolute Gasteiger partial charge is 0.355 e. The van der Waals surface area contributed by atoms with E-state index in [1.807, 2.05) is 42.8 Å². The zero-order valence-electron chi connectivity index (χ0n) is 15.4. The van der Waals surface area contributed by atoms with Crippen molar-refractivity contribution in [3.8, 4) is 0 Å². The van der Waals surface area contributed by atoms with Crippen LogP contribution in [0.4, 0.5) is 0 Å². The predicted octanol–water partition coefficient (Wildman–Crippen LogP) is 0.786. The fourth-order valence-electron chi connectivity index (χ4n) is 2.71. The van der Waals surface area contributed by atoms with Gasteiger partial charge in [0.1, 0.15) is 0 Å². The molecule has 140 valence electrons. The van der Waals surface area contributed by atoms with Crippen LogP contribution in [-0.2, 0) is 22.6 Å². The van der Waals surface area contributed by atoms with Gasteiger partial charge in [0, 0.05) is 32.3 Å². The van der Waals surface area contributed by atoms with Gasteiger partial charge in [-0.1, -0.05) is 30.3 Å². The molecule has 7 heteroatoms. The Morgan fingerprint density at radius 2 is 2.00 bits per heavy atom. The number of nitrogens with zero attached hydrogens (tertiary/aromatic N) is 3. The van der Waals surface area contributed by atoms with E-state index in [9.17, 15) is 9.59 Å². The fraction of sp³-hybridized carbons (Fsp3) is 0.421. The van der Waals surface area contributed by atoms with Crippen molar-refractivity contribution in [2.24, 2.45) is 5.73 Å². The van der Waals surface area contributed by atoms with Gasteiger partial charge >= 0.3 is 0 Å². The Morgan fingerprint density at radius 1 is 1.27 bits per heavy atom. The number of hydrogen-bond donors (Lipinski definition) is 2. The molecular formula is C19H27N5O2. The average molecular weight is 357 g/mol. The summed E-state index contributed by atoms with van der Waals surface area (Å²) in [6.45, 7) is 5.39. The molecule has 0 saturated carbocycles. The van der Waals surface area contributed by atoms with Gasteiger partial charge in [0.05, 0.1) is 24.6 Å². The molecule has 0 unspecified atom stereocenters. The van der Waals surface area contributed by atoms with Crippen molar-refractivity contribution in [3.05, 3.63) is 54.1 Å². The van der Waals surface area contributed by atoms with Crippen LogP contribution >= 0.6 is 0 Å². The van der Waals surface area contributed by atoms with Gasteiger partial charge in [0.25, 0.3) is 0 Å². The van der Waals surface area contributed by atoms with Crippen LogP contribution in [0.1, 0.15) is 25.1 Å². The molecule has 0 saturated heterocycles. The van der Waals surface area contributed by atoms with E-state index in [2.05, 4.69) is 22.4 Å². The monoisotopic (exact) mass is 357 g/mol. The average Bonchev–Trinajstić information content (AvgIpc) is 3.07. The van der Waals surface area contributed by atoms with E-state index < -0.39 is 6.04 Å². The van der Waals surface area contributed by atoms with Crippen molar-refractivity contribution in [1.29, 1.82) is 0 Å². The van der Waals surface area contributed by atoms with Crippen LogP contribution in [0.25, 0.3) is 0 Å². The number of imidazole rings is 1. The van der Waals surface area contributed by atoms with E-state index in [0.29, 0.717) is 19.5 Å². The number of nitrogens with two attached hydrogens (primary N) is 1. The molecule has 0 radical (unpaired) electrons. The lowest BCUT2D eigenvalue weighted by Gasteiger charge is -2.23. The molecule has 2 amide bonds. The van der Waals surface area contributed by atoms with Gasteiger partial charge in [0.15, 0.2) is 0 Å². The first kappa shape index (κ1) is 19.7. The molecule has 0 aliphatic carbocycles. The highest BCUT2D eigenvalue weighted by Gasteiger charge is 2.22. The number of likely N-dealkylation sites (N-methyl/N-ethyl adjacent to an activating group) is 2. The van der Waals surface area contributed by atoms with Crippen molar-refractivity contribution >= 4 is 11.8 Å². The molecule has 1 heterocycles. The molecule has 1 aromatic heterocycles. The summed E-state index contributed by atoms with van der Waals surface area (Å²) in [5.41, 5.74) is 8.00. The fourth-order valence-corrected chi connectivity index (χ4v) is 2.71. The lowest BCUT2D eigenvalue weighted by molar-refractivity contribution is -0.136. The van der Waals surface area contributed by atoms with Crippen LogP contribution in [0.2, 0.25) is 0 Å². The van der Waals surface area contributed by atoms with E-state index >= 15 is 0 Å². The normalized spacial score (nSPS) is 11.8. The highest BCUT2D eigenvalue weighted by molar-refractivity contribution is 5.87. The van der Waals surface area contributed by atoms with Crippen molar-refractivity contribution in [2.75, 3.05) is 19.6 Å². The summed E-state index contributed by atoms with van der Waals surface area (Å²) in [4.78, 5) is 30.0. The van der Waals surface area contributed by atoms with Crippen LogP contribution in [0.15, 0.2) is 42.9 Å². The minimum absolute atomic E-state index is 0.0271. The minimum atomic E-state index is -0.718. The van der Waals surface area contributed by atoms with Crippen molar-refractivity contribution in [2.45, 2.75) is 32.9 Å². The first-order valence-electron chi connectivity index (χ1n) is 8.89. The van der Waals surface area contributed by atoms with Gasteiger partial charge in [-0.25, -0.2) is 4.98 Å². The molecule has 0 aliphatic heterocycles. The summed E-state index contributed by atoms with van der Waals surface area (Å²) < 4.78 is 1.97. The molecule has 2 rings (SSSR count). The van der Waals surface area contributed by atoms with E-state index in [1.54, 1.807) is 6.33 Å². The maximum atomic E-state index is 12.5. The molecule has 1 aromatic carbocycles. The Labute approximate surface area is 154 Å². The Hall–Kier alpha value is -2.67. The van der Waals surface area contributed by atoms with E-state index in [4.69, 9.17) is 5.73 Å². The number of nitrogens with one attached hydrogen (secondary N) is 1. The second-order valence-electron chi connectivity index (χ2n) is 6.14. The third-order valence-electron chi connectivity index (χ3n) is 4.04. The Kier molecular flexibility index (Phi) is 7.35. The van der Waals surface area contributed by atoms with Crippen LogP contribution in [0.5, 0.6) is 0 Å². The lowest BCUT2D eigenvalue weighted by atomic mass is 10.1. The van der Waals surface area contributed by atoms with E-state index in [1.165, 1.54) is 10.5 Å². The zero-order chi connectivity index (χ0) is 18.9. The lowest BCUT2D eigenvalue weighted by Crippen LogP contribution is -2.48. The highest BCUT2D eigenvalue weighted by Crippen LogP contribution is 2.06. The summed E-state index contributed by atoms with van der Waals surface area (Å²) in [5.74, 6) is -0.418. The number of hydrogen-bond acceptors (Lipinski definition) is 4. The molecule has 0 aliphatic rings. The van der Waals surface area contributed by atoms with Gasteiger partial charge in [0.2, 0.25) is 11.8 Å². The first-order chi connectivity index (χ1) is 12.5. The minimum Gasteiger partial charge on any atom is -0.355 e. The van der Waals surface area contributed by atoms with E-state index in [-0.39, 0.29) is 18.4 Å². The molecule has 3 N–H and O–H groups in total. The summed E-state index contributed by atoms with van der Waals surface area (Å²) in [7, 11) is 0. The molecule has 26 heavy (non-hydrogen) atoms. The number of amides is 2. The van der Waals surface area contributed by atoms with E-state index in [0.717, 1.165) is 12.2 Å². The van der Waals surface area contributed by atoms with Crippen molar-refractivity contribution in [1.82, 2.24) is 19.8 Å². The van der Waals surface area contributed by atoms with Gasteiger partial charge in [-0.05, 0) is 19.4 Å². The van der Waals surface area contributed by atoms with Crippen LogP contribution in [0.3, 0.4) is 0 Å². The molecule has 1 atom stereocenters. The summed E-state index contributed by atoms with van der Waals surface area (Å²) in [6.07, 6.45) is 3.98. The number of benzene rings is 1. The second-order valence-corrected chi connectivity index (χ2v) is 6.14. The predicted molar refractivity (Wildman–Crippen MR) is 100 cm³/mol. The quantitative estimate of drug-likeness (QED) is 0.694. The van der Waals surface area contributed by atoms with Crippen LogP contribution < -0.4 is 11.1 Å². The number of carbonyl (C=O) groups is 2. The molecule has 2 aromatic rings. The summed E-state index contributed by atoms with van der Waals surface area (Å²) >= 11 is 0. The molecule has 7 nitrogen and oxygen atoms in total. The number of carbonyl (C=O) groups excluding carboxylic acids is 2. The Morgan fingerprint density at radius 3 is 2.65 bits per heavy atom. The Bertz CT molecular complexity index is 714. The molecular weight excluding hydrogens is 330 g/mol.